The molecule has 1 unspecified atom stereocenters. The summed E-state index contributed by atoms with van der Waals surface area (Å²) in [6.07, 6.45) is 1.94. The number of piperazine rings is 1. The summed E-state index contributed by atoms with van der Waals surface area (Å²) < 4.78 is 10.9. The van der Waals surface area contributed by atoms with Crippen molar-refractivity contribution in [1.29, 1.82) is 0 Å². The quantitative estimate of drug-likeness (QED) is 0.205. The number of aromatic amines is 1. The zero-order valence-corrected chi connectivity index (χ0v) is 21.7. The fraction of sp³-hybridized carbons (Fsp3) is 0.591. The minimum absolute atomic E-state index is 0. The van der Waals surface area contributed by atoms with Crippen LogP contribution in [0.15, 0.2) is 23.2 Å². The molecule has 2 heterocycles. The number of methoxy groups -OCH3 is 2. The smallest absolute Gasteiger partial charge is 0.191 e. The number of nitrogens with zero attached hydrogens (tertiary/aromatic N) is 3. The van der Waals surface area contributed by atoms with Gasteiger partial charge in [0.1, 0.15) is 11.5 Å². The Morgan fingerprint density at radius 2 is 1.97 bits per heavy atom. The molecule has 1 fully saturated rings. The molecule has 8 nitrogen and oxygen atoms in total. The number of benzene rings is 1. The van der Waals surface area contributed by atoms with Gasteiger partial charge >= 0.3 is 0 Å². The van der Waals surface area contributed by atoms with Gasteiger partial charge in [-0.1, -0.05) is 0 Å². The van der Waals surface area contributed by atoms with Gasteiger partial charge in [0.15, 0.2) is 5.96 Å². The highest BCUT2D eigenvalue weighted by atomic mass is 127. The Bertz CT molecular complexity index is 856. The number of H-pyrrole nitrogens is 1. The largest absolute Gasteiger partial charge is 0.497 e. The summed E-state index contributed by atoms with van der Waals surface area (Å²) in [6, 6.07) is 6.58. The van der Waals surface area contributed by atoms with Crippen LogP contribution in [0.25, 0.3) is 10.9 Å². The molecule has 1 aromatic heterocycles. The number of nitrogens with one attached hydrogen (secondary N) is 3. The number of guanidine groups is 1. The lowest BCUT2D eigenvalue weighted by Crippen LogP contribution is -2.55. The van der Waals surface area contributed by atoms with E-state index in [1.165, 1.54) is 5.69 Å². The molecule has 0 saturated carbocycles. The number of hydrogen-bond acceptors (Lipinski definition) is 5. The van der Waals surface area contributed by atoms with Crippen molar-refractivity contribution in [2.75, 3.05) is 68.1 Å². The number of aliphatic imine (C=N–C) groups is 1. The number of halogens is 1. The van der Waals surface area contributed by atoms with Crippen LogP contribution in [0.4, 0.5) is 0 Å². The maximum Gasteiger partial charge on any atom is 0.191 e. The Hall–Kier alpha value is -1.72. The number of likely N-dealkylation sites (N-methyl/N-ethyl adjacent to an activating group) is 2. The first-order chi connectivity index (χ1) is 14.5. The fourth-order valence-corrected chi connectivity index (χ4v) is 3.90. The van der Waals surface area contributed by atoms with Crippen LogP contribution >= 0.6 is 24.0 Å². The topological polar surface area (TPSA) is 77.1 Å². The lowest BCUT2D eigenvalue weighted by molar-refractivity contribution is 0.116. The molecule has 1 saturated heterocycles. The Morgan fingerprint density at radius 1 is 1.16 bits per heavy atom. The van der Waals surface area contributed by atoms with Crippen LogP contribution in [0.5, 0.6) is 11.5 Å². The summed E-state index contributed by atoms with van der Waals surface area (Å²) >= 11 is 0. The van der Waals surface area contributed by atoms with Gasteiger partial charge in [-0.3, -0.25) is 9.89 Å². The molecule has 1 atom stereocenters. The summed E-state index contributed by atoms with van der Waals surface area (Å²) in [7, 11) is 9.56. The predicted molar refractivity (Wildman–Crippen MR) is 138 cm³/mol. The van der Waals surface area contributed by atoms with Crippen LogP contribution in [0.2, 0.25) is 0 Å². The van der Waals surface area contributed by atoms with Crippen LogP contribution in [0.3, 0.4) is 0 Å². The number of aryl methyl sites for hydroxylation is 1. The van der Waals surface area contributed by atoms with Gasteiger partial charge in [-0.25, -0.2) is 0 Å². The SMILES string of the molecule is CN=C(NCCCc1cc2c(OC)cc(OC)cc2[nH]1)NCC1CN(C)CCN1C.I. The van der Waals surface area contributed by atoms with E-state index in [2.05, 4.69) is 50.6 Å². The number of hydrogen-bond donors (Lipinski definition) is 3. The highest BCUT2D eigenvalue weighted by Crippen LogP contribution is 2.31. The lowest BCUT2D eigenvalue weighted by Gasteiger charge is -2.37. The van der Waals surface area contributed by atoms with Gasteiger partial charge < -0.3 is 30.0 Å². The Balaban J connectivity index is 0.00000341. The summed E-state index contributed by atoms with van der Waals surface area (Å²) in [4.78, 5) is 12.6. The van der Waals surface area contributed by atoms with Gasteiger partial charge in [0.05, 0.1) is 19.7 Å². The van der Waals surface area contributed by atoms with Crippen LogP contribution in [0.1, 0.15) is 12.1 Å². The summed E-state index contributed by atoms with van der Waals surface area (Å²) in [5.74, 6) is 2.48. The van der Waals surface area contributed by atoms with Crippen LogP contribution < -0.4 is 20.1 Å². The molecule has 0 amide bonds. The first kappa shape index (κ1) is 25.5. The Kier molecular flexibility index (Phi) is 10.2. The second-order valence-corrected chi connectivity index (χ2v) is 7.97. The molecule has 1 aliphatic rings. The highest BCUT2D eigenvalue weighted by molar-refractivity contribution is 14.0. The van der Waals surface area contributed by atoms with Crippen molar-refractivity contribution in [1.82, 2.24) is 25.4 Å². The van der Waals surface area contributed by atoms with E-state index < -0.39 is 0 Å². The first-order valence-electron chi connectivity index (χ1n) is 10.6. The second-order valence-electron chi connectivity index (χ2n) is 7.97. The molecular formula is C22H37IN6O2. The van der Waals surface area contributed by atoms with Gasteiger partial charge in [0, 0.05) is 69.0 Å². The van der Waals surface area contributed by atoms with Crippen molar-refractivity contribution in [3.05, 3.63) is 23.9 Å². The molecule has 1 aromatic carbocycles. The molecule has 9 heteroatoms. The van der Waals surface area contributed by atoms with E-state index in [1.807, 2.05) is 19.2 Å². The molecule has 174 valence electrons. The van der Waals surface area contributed by atoms with Crippen LogP contribution in [-0.2, 0) is 6.42 Å². The Labute approximate surface area is 202 Å². The zero-order chi connectivity index (χ0) is 21.5. The highest BCUT2D eigenvalue weighted by Gasteiger charge is 2.22. The van der Waals surface area contributed by atoms with E-state index in [-0.39, 0.29) is 24.0 Å². The minimum atomic E-state index is 0. The van der Waals surface area contributed by atoms with Crippen molar-refractivity contribution in [2.24, 2.45) is 4.99 Å². The molecule has 1 aliphatic heterocycles. The van der Waals surface area contributed by atoms with Crippen molar-refractivity contribution in [3.63, 3.8) is 0 Å². The summed E-state index contributed by atoms with van der Waals surface area (Å²) in [5.41, 5.74) is 2.22. The number of ether oxygens (including phenoxy) is 2. The zero-order valence-electron chi connectivity index (χ0n) is 19.3. The fourth-order valence-electron chi connectivity index (χ4n) is 3.90. The average Bonchev–Trinajstić information content (AvgIpc) is 3.17. The predicted octanol–water partition coefficient (Wildman–Crippen LogP) is 2.15. The maximum absolute atomic E-state index is 5.50. The molecule has 3 N–H and O–H groups in total. The van der Waals surface area contributed by atoms with Gasteiger partial charge in [-0.15, -0.1) is 24.0 Å². The maximum atomic E-state index is 5.50. The monoisotopic (exact) mass is 544 g/mol. The van der Waals surface area contributed by atoms with E-state index in [4.69, 9.17) is 9.47 Å². The second kappa shape index (κ2) is 12.4. The molecular weight excluding hydrogens is 507 g/mol. The number of aromatic nitrogens is 1. The van der Waals surface area contributed by atoms with Crippen molar-refractivity contribution in [3.8, 4) is 11.5 Å². The van der Waals surface area contributed by atoms with Gasteiger partial charge in [-0.05, 0) is 33.0 Å². The van der Waals surface area contributed by atoms with E-state index in [0.717, 1.165) is 73.9 Å². The molecule has 0 radical (unpaired) electrons. The van der Waals surface area contributed by atoms with E-state index in [0.29, 0.717) is 6.04 Å². The number of rotatable bonds is 8. The average molecular weight is 544 g/mol. The minimum Gasteiger partial charge on any atom is -0.497 e. The van der Waals surface area contributed by atoms with E-state index in [1.54, 1.807) is 14.2 Å². The van der Waals surface area contributed by atoms with Crippen LogP contribution in [-0.4, -0.2) is 94.9 Å². The van der Waals surface area contributed by atoms with Crippen molar-refractivity contribution in [2.45, 2.75) is 18.9 Å². The molecule has 3 rings (SSSR count). The van der Waals surface area contributed by atoms with Gasteiger partial charge in [0.2, 0.25) is 0 Å². The third-order valence-electron chi connectivity index (χ3n) is 5.81. The van der Waals surface area contributed by atoms with E-state index in [9.17, 15) is 0 Å². The molecule has 0 spiro atoms. The summed E-state index contributed by atoms with van der Waals surface area (Å²) in [6.45, 7) is 5.07. The van der Waals surface area contributed by atoms with Crippen molar-refractivity contribution >= 4 is 40.8 Å². The standard InChI is InChI=1S/C22H36N6O2.HI/c1-23-22(25-14-17-15-27(2)9-10-28(17)3)24-8-6-7-16-11-19-20(26-16)12-18(29-4)13-21(19)30-5;/h11-13,17,26H,6-10,14-15H2,1-5H3,(H2,23,24,25);1H. The van der Waals surface area contributed by atoms with Gasteiger partial charge in [0.25, 0.3) is 0 Å². The normalized spacial score (nSPS) is 18.0. The van der Waals surface area contributed by atoms with Crippen LogP contribution in [0, 0.1) is 0 Å². The summed E-state index contributed by atoms with van der Waals surface area (Å²) in [5, 5.41) is 7.98. The third kappa shape index (κ3) is 6.88. The number of fused-ring (bicyclic) bond motifs is 1. The Morgan fingerprint density at radius 3 is 2.68 bits per heavy atom. The third-order valence-corrected chi connectivity index (χ3v) is 5.81. The lowest BCUT2D eigenvalue weighted by atomic mass is 10.2. The molecule has 2 aromatic rings. The molecule has 0 bridgehead atoms. The van der Waals surface area contributed by atoms with Gasteiger partial charge in [-0.2, -0.15) is 0 Å². The van der Waals surface area contributed by atoms with E-state index >= 15 is 0 Å². The first-order valence-corrected chi connectivity index (χ1v) is 10.6. The molecule has 31 heavy (non-hydrogen) atoms. The van der Waals surface area contributed by atoms with Crippen molar-refractivity contribution < 1.29 is 9.47 Å². The molecule has 0 aliphatic carbocycles.